The van der Waals surface area contributed by atoms with Crippen LogP contribution in [0.1, 0.15) is 16.1 Å². The number of anilines is 1. The van der Waals surface area contributed by atoms with Crippen LogP contribution < -0.4 is 5.32 Å². The van der Waals surface area contributed by atoms with Gasteiger partial charge < -0.3 is 5.32 Å². The van der Waals surface area contributed by atoms with E-state index in [4.69, 9.17) is 0 Å². The third-order valence-corrected chi connectivity index (χ3v) is 2.97. The van der Waals surface area contributed by atoms with Crippen molar-refractivity contribution in [2.45, 2.75) is 6.92 Å². The van der Waals surface area contributed by atoms with E-state index in [1.165, 1.54) is 0 Å². The molecule has 2 aromatic heterocycles. The van der Waals surface area contributed by atoms with Crippen molar-refractivity contribution >= 4 is 22.8 Å². The zero-order valence-electron chi connectivity index (χ0n) is 11.0. The van der Waals surface area contributed by atoms with Gasteiger partial charge in [0.2, 0.25) is 0 Å². The lowest BCUT2D eigenvalue weighted by molar-refractivity contribution is 0.102. The van der Waals surface area contributed by atoms with Gasteiger partial charge in [-0.05, 0) is 43.3 Å². The van der Waals surface area contributed by atoms with Crippen molar-refractivity contribution in [3.8, 4) is 0 Å². The molecular formula is C16H13N3O. The maximum Gasteiger partial charge on any atom is 0.256 e. The van der Waals surface area contributed by atoms with Crippen molar-refractivity contribution in [1.82, 2.24) is 9.97 Å². The van der Waals surface area contributed by atoms with Crippen molar-refractivity contribution in [3.63, 3.8) is 0 Å². The van der Waals surface area contributed by atoms with Crippen LogP contribution in [0.15, 0.2) is 54.6 Å². The highest BCUT2D eigenvalue weighted by atomic mass is 16.1. The largest absolute Gasteiger partial charge is 0.306 e. The van der Waals surface area contributed by atoms with Gasteiger partial charge >= 0.3 is 0 Å². The minimum absolute atomic E-state index is 0.176. The summed E-state index contributed by atoms with van der Waals surface area (Å²) in [6.07, 6.45) is 0. The van der Waals surface area contributed by atoms with Crippen LogP contribution in [-0.2, 0) is 0 Å². The molecular weight excluding hydrogens is 250 g/mol. The Labute approximate surface area is 116 Å². The van der Waals surface area contributed by atoms with Crippen LogP contribution in [0.4, 0.5) is 5.82 Å². The molecule has 1 aromatic carbocycles. The van der Waals surface area contributed by atoms with E-state index in [9.17, 15) is 4.79 Å². The monoisotopic (exact) mass is 263 g/mol. The molecule has 0 aliphatic rings. The molecule has 0 bridgehead atoms. The molecule has 1 N–H and O–H groups in total. The summed E-state index contributed by atoms with van der Waals surface area (Å²) in [4.78, 5) is 20.8. The third kappa shape index (κ3) is 2.49. The lowest BCUT2D eigenvalue weighted by Gasteiger charge is -2.05. The molecule has 0 unspecified atom stereocenters. The van der Waals surface area contributed by atoms with Crippen LogP contribution in [0, 0.1) is 6.92 Å². The average Bonchev–Trinajstić information content (AvgIpc) is 2.47. The maximum absolute atomic E-state index is 12.0. The smallest absolute Gasteiger partial charge is 0.256 e. The Hall–Kier alpha value is -2.75. The van der Waals surface area contributed by atoms with E-state index in [0.717, 1.165) is 11.1 Å². The van der Waals surface area contributed by atoms with Gasteiger partial charge in [-0.1, -0.05) is 18.2 Å². The second-order valence-corrected chi connectivity index (χ2v) is 4.52. The first-order valence-electron chi connectivity index (χ1n) is 6.33. The van der Waals surface area contributed by atoms with Gasteiger partial charge in [0, 0.05) is 16.6 Å². The highest BCUT2D eigenvalue weighted by molar-refractivity contribution is 6.04. The quantitative estimate of drug-likeness (QED) is 0.772. The van der Waals surface area contributed by atoms with E-state index >= 15 is 0 Å². The fourth-order valence-electron chi connectivity index (χ4n) is 1.94. The Morgan fingerprint density at radius 3 is 2.50 bits per heavy atom. The number of aromatic nitrogens is 2. The molecule has 2 heterocycles. The number of benzene rings is 1. The van der Waals surface area contributed by atoms with E-state index in [1.807, 2.05) is 43.3 Å². The fraction of sp³-hybridized carbons (Fsp3) is 0.0625. The summed E-state index contributed by atoms with van der Waals surface area (Å²) in [7, 11) is 0. The molecule has 0 radical (unpaired) electrons. The van der Waals surface area contributed by atoms with Crippen molar-refractivity contribution in [2.75, 3.05) is 5.32 Å². The van der Waals surface area contributed by atoms with Gasteiger partial charge in [-0.25, -0.2) is 9.97 Å². The number of hydrogen-bond acceptors (Lipinski definition) is 3. The molecule has 0 spiro atoms. The summed E-state index contributed by atoms with van der Waals surface area (Å²) in [6.45, 7) is 1.91. The Bertz CT molecular complexity index is 769. The van der Waals surface area contributed by atoms with Crippen LogP contribution in [0.2, 0.25) is 0 Å². The second-order valence-electron chi connectivity index (χ2n) is 4.52. The zero-order valence-corrected chi connectivity index (χ0v) is 11.0. The molecule has 4 heteroatoms. The number of carbonyl (C=O) groups is 1. The summed E-state index contributed by atoms with van der Waals surface area (Å²) < 4.78 is 0. The molecule has 0 fully saturated rings. The summed E-state index contributed by atoms with van der Waals surface area (Å²) in [5, 5.41) is 3.73. The standard InChI is InChI=1S/C16H13N3O/c1-11-7-8-12-9-10-14(18-15(12)17-11)19-16(20)13-5-3-2-4-6-13/h2-10H,1H3,(H,17,18,19,20). The van der Waals surface area contributed by atoms with Crippen molar-refractivity contribution in [3.05, 3.63) is 65.9 Å². The molecule has 0 atom stereocenters. The summed E-state index contributed by atoms with van der Waals surface area (Å²) >= 11 is 0. The first-order chi connectivity index (χ1) is 9.72. The van der Waals surface area contributed by atoms with Crippen LogP contribution in [0.5, 0.6) is 0 Å². The SMILES string of the molecule is Cc1ccc2ccc(NC(=O)c3ccccc3)nc2n1. The normalized spacial score (nSPS) is 10.4. The molecule has 98 valence electrons. The fourth-order valence-corrected chi connectivity index (χ4v) is 1.94. The molecule has 4 nitrogen and oxygen atoms in total. The number of aryl methyl sites for hydroxylation is 1. The first-order valence-corrected chi connectivity index (χ1v) is 6.33. The second kappa shape index (κ2) is 5.09. The number of nitrogens with one attached hydrogen (secondary N) is 1. The van der Waals surface area contributed by atoms with Crippen LogP contribution in [0.3, 0.4) is 0 Å². The number of rotatable bonds is 2. The Balaban J connectivity index is 1.89. The third-order valence-electron chi connectivity index (χ3n) is 2.97. The van der Waals surface area contributed by atoms with E-state index in [2.05, 4.69) is 15.3 Å². The lowest BCUT2D eigenvalue weighted by Crippen LogP contribution is -2.12. The highest BCUT2D eigenvalue weighted by Gasteiger charge is 2.06. The van der Waals surface area contributed by atoms with Gasteiger partial charge in [-0.15, -0.1) is 0 Å². The summed E-state index contributed by atoms with van der Waals surface area (Å²) in [5.74, 6) is 0.328. The van der Waals surface area contributed by atoms with Crippen molar-refractivity contribution in [2.24, 2.45) is 0 Å². The first kappa shape index (κ1) is 12.3. The van der Waals surface area contributed by atoms with Gasteiger partial charge in [0.15, 0.2) is 5.65 Å². The molecule has 0 aliphatic heterocycles. The zero-order chi connectivity index (χ0) is 13.9. The molecule has 0 saturated heterocycles. The van der Waals surface area contributed by atoms with Crippen LogP contribution in [-0.4, -0.2) is 15.9 Å². The van der Waals surface area contributed by atoms with Gasteiger partial charge in [-0.3, -0.25) is 4.79 Å². The predicted molar refractivity (Wildman–Crippen MR) is 78.7 cm³/mol. The Morgan fingerprint density at radius 2 is 1.70 bits per heavy atom. The Kier molecular flexibility index (Phi) is 3.13. The number of fused-ring (bicyclic) bond motifs is 1. The van der Waals surface area contributed by atoms with Crippen LogP contribution >= 0.6 is 0 Å². The van der Waals surface area contributed by atoms with Gasteiger partial charge in [-0.2, -0.15) is 0 Å². The van der Waals surface area contributed by atoms with Crippen LogP contribution in [0.25, 0.3) is 11.0 Å². The Morgan fingerprint density at radius 1 is 0.950 bits per heavy atom. The molecule has 3 aromatic rings. The average molecular weight is 263 g/mol. The lowest BCUT2D eigenvalue weighted by atomic mass is 10.2. The van der Waals surface area contributed by atoms with E-state index in [-0.39, 0.29) is 5.91 Å². The highest BCUT2D eigenvalue weighted by Crippen LogP contribution is 2.14. The van der Waals surface area contributed by atoms with E-state index in [1.54, 1.807) is 18.2 Å². The summed E-state index contributed by atoms with van der Waals surface area (Å²) in [5.41, 5.74) is 2.14. The predicted octanol–water partition coefficient (Wildman–Crippen LogP) is 3.19. The van der Waals surface area contributed by atoms with Gasteiger partial charge in [0.25, 0.3) is 5.91 Å². The number of pyridine rings is 2. The minimum atomic E-state index is -0.176. The summed E-state index contributed by atoms with van der Waals surface area (Å²) in [6, 6.07) is 16.6. The van der Waals surface area contributed by atoms with Gasteiger partial charge in [0.1, 0.15) is 5.82 Å². The van der Waals surface area contributed by atoms with Crippen molar-refractivity contribution < 1.29 is 4.79 Å². The molecule has 0 saturated carbocycles. The molecule has 0 aliphatic carbocycles. The number of amides is 1. The minimum Gasteiger partial charge on any atom is -0.306 e. The maximum atomic E-state index is 12.0. The van der Waals surface area contributed by atoms with E-state index < -0.39 is 0 Å². The topological polar surface area (TPSA) is 54.9 Å². The molecule has 20 heavy (non-hydrogen) atoms. The number of nitrogens with zero attached hydrogens (tertiary/aromatic N) is 2. The molecule has 1 amide bonds. The van der Waals surface area contributed by atoms with Gasteiger partial charge in [0.05, 0.1) is 0 Å². The van der Waals surface area contributed by atoms with Crippen molar-refractivity contribution in [1.29, 1.82) is 0 Å². The number of hydrogen-bond donors (Lipinski definition) is 1. The number of carbonyl (C=O) groups excluding carboxylic acids is 1. The molecule has 3 rings (SSSR count). The van der Waals surface area contributed by atoms with E-state index in [0.29, 0.717) is 17.0 Å².